The lowest BCUT2D eigenvalue weighted by Gasteiger charge is -2.05. The zero-order valence-corrected chi connectivity index (χ0v) is 9.97. The normalized spacial score (nSPS) is 10.5. The van der Waals surface area contributed by atoms with Gasteiger partial charge in [-0.25, -0.2) is 0 Å². The van der Waals surface area contributed by atoms with E-state index in [1.165, 1.54) is 10.5 Å². The number of hydrogen-bond donors (Lipinski definition) is 1. The van der Waals surface area contributed by atoms with Crippen LogP contribution in [-0.2, 0) is 16.1 Å². The van der Waals surface area contributed by atoms with E-state index in [1.807, 2.05) is 0 Å². The first-order valence-corrected chi connectivity index (χ1v) is 6.06. The van der Waals surface area contributed by atoms with Crippen LogP contribution in [0.25, 0.3) is 0 Å². The van der Waals surface area contributed by atoms with E-state index in [9.17, 15) is 0 Å². The van der Waals surface area contributed by atoms with Gasteiger partial charge in [0.05, 0.1) is 13.2 Å². The predicted molar refractivity (Wildman–Crippen MR) is 62.9 cm³/mol. The summed E-state index contributed by atoms with van der Waals surface area (Å²) in [5.41, 5.74) is 4.10. The summed E-state index contributed by atoms with van der Waals surface area (Å²) in [6.45, 7) is 1.90. The second kappa shape index (κ2) is 7.70. The third kappa shape index (κ3) is 5.18. The van der Waals surface area contributed by atoms with Crippen LogP contribution in [0.1, 0.15) is 5.56 Å². The number of ether oxygens (including phenoxy) is 1. The van der Waals surface area contributed by atoms with Crippen LogP contribution in [0.15, 0.2) is 29.2 Å². The van der Waals surface area contributed by atoms with Crippen LogP contribution >= 0.6 is 11.8 Å². The van der Waals surface area contributed by atoms with Gasteiger partial charge in [0.25, 0.3) is 0 Å². The second-order valence-electron chi connectivity index (χ2n) is 3.01. The van der Waals surface area contributed by atoms with E-state index in [1.54, 1.807) is 18.9 Å². The average Bonchev–Trinajstić information content (AvgIpc) is 2.30. The molecule has 0 heterocycles. The number of nitrogens with one attached hydrogen (secondary N) is 1. The molecule has 3 nitrogen and oxygen atoms in total. The van der Waals surface area contributed by atoms with Crippen molar-refractivity contribution in [2.75, 3.05) is 26.6 Å². The molecule has 0 saturated heterocycles. The van der Waals surface area contributed by atoms with Crippen molar-refractivity contribution >= 4 is 11.8 Å². The lowest BCUT2D eigenvalue weighted by molar-refractivity contribution is 0.00346. The molecule has 0 aliphatic carbocycles. The van der Waals surface area contributed by atoms with E-state index in [4.69, 9.17) is 9.57 Å². The van der Waals surface area contributed by atoms with E-state index >= 15 is 0 Å². The summed E-state index contributed by atoms with van der Waals surface area (Å²) in [5, 5.41) is 0. The molecule has 84 valence electrons. The summed E-state index contributed by atoms with van der Waals surface area (Å²) in [6, 6.07) is 8.41. The van der Waals surface area contributed by atoms with Gasteiger partial charge in [0, 0.05) is 18.6 Å². The molecule has 0 atom stereocenters. The van der Waals surface area contributed by atoms with E-state index in [-0.39, 0.29) is 0 Å². The van der Waals surface area contributed by atoms with Gasteiger partial charge < -0.3 is 4.74 Å². The summed E-state index contributed by atoms with van der Waals surface area (Å²) in [6.07, 6.45) is 2.07. The van der Waals surface area contributed by atoms with Crippen molar-refractivity contribution in [2.45, 2.75) is 11.4 Å². The minimum Gasteiger partial charge on any atom is -0.382 e. The van der Waals surface area contributed by atoms with Crippen molar-refractivity contribution in [1.29, 1.82) is 0 Å². The van der Waals surface area contributed by atoms with Crippen molar-refractivity contribution in [3.8, 4) is 0 Å². The second-order valence-corrected chi connectivity index (χ2v) is 3.89. The van der Waals surface area contributed by atoms with Crippen molar-refractivity contribution in [2.24, 2.45) is 0 Å². The summed E-state index contributed by atoms with van der Waals surface area (Å²) in [4.78, 5) is 6.43. The Hall–Kier alpha value is -0.550. The predicted octanol–water partition coefficient (Wildman–Crippen LogP) is 2.08. The first kappa shape index (κ1) is 12.5. The number of benzene rings is 1. The van der Waals surface area contributed by atoms with Gasteiger partial charge >= 0.3 is 0 Å². The Balaban J connectivity index is 2.20. The summed E-state index contributed by atoms with van der Waals surface area (Å²) in [7, 11) is 1.66. The lowest BCUT2D eigenvalue weighted by Crippen LogP contribution is -2.17. The Kier molecular flexibility index (Phi) is 6.43. The number of hydrogen-bond acceptors (Lipinski definition) is 4. The molecular weight excluding hydrogens is 210 g/mol. The van der Waals surface area contributed by atoms with Gasteiger partial charge in [0.1, 0.15) is 0 Å². The zero-order chi connectivity index (χ0) is 10.9. The van der Waals surface area contributed by atoms with E-state index in [0.29, 0.717) is 13.2 Å². The number of hydroxylamine groups is 1. The van der Waals surface area contributed by atoms with Crippen LogP contribution in [0.3, 0.4) is 0 Å². The standard InChI is InChI=1S/C11H17NO2S/c1-13-7-8-14-12-9-10-3-5-11(15-2)6-4-10/h3-6,12H,7-9H2,1-2H3. The molecule has 0 aromatic heterocycles. The summed E-state index contributed by atoms with van der Waals surface area (Å²) < 4.78 is 4.86. The molecule has 0 bridgehead atoms. The highest BCUT2D eigenvalue weighted by Crippen LogP contribution is 2.14. The molecule has 1 aromatic carbocycles. The molecule has 0 aliphatic rings. The number of rotatable bonds is 7. The van der Waals surface area contributed by atoms with Crippen LogP contribution in [-0.4, -0.2) is 26.6 Å². The average molecular weight is 227 g/mol. The SMILES string of the molecule is COCCONCc1ccc(SC)cc1. The first-order valence-electron chi connectivity index (χ1n) is 4.83. The highest BCUT2D eigenvalue weighted by atomic mass is 32.2. The zero-order valence-electron chi connectivity index (χ0n) is 9.16. The Morgan fingerprint density at radius 3 is 2.53 bits per heavy atom. The molecule has 15 heavy (non-hydrogen) atoms. The van der Waals surface area contributed by atoms with Crippen molar-refractivity contribution in [3.05, 3.63) is 29.8 Å². The Morgan fingerprint density at radius 2 is 1.93 bits per heavy atom. The van der Waals surface area contributed by atoms with Gasteiger partial charge in [0.2, 0.25) is 0 Å². The number of thioether (sulfide) groups is 1. The fourth-order valence-electron chi connectivity index (χ4n) is 1.07. The minimum atomic E-state index is 0.569. The van der Waals surface area contributed by atoms with Gasteiger partial charge in [-0.1, -0.05) is 12.1 Å². The third-order valence-corrected chi connectivity index (χ3v) is 2.67. The van der Waals surface area contributed by atoms with E-state index in [2.05, 4.69) is 36.0 Å². The highest BCUT2D eigenvalue weighted by molar-refractivity contribution is 7.98. The van der Waals surface area contributed by atoms with Crippen LogP contribution in [0.4, 0.5) is 0 Å². The Labute approximate surface area is 95.1 Å². The molecule has 0 unspecified atom stereocenters. The molecule has 0 saturated carbocycles. The molecule has 1 rings (SSSR count). The van der Waals surface area contributed by atoms with Crippen LogP contribution < -0.4 is 5.48 Å². The van der Waals surface area contributed by atoms with Crippen molar-refractivity contribution in [3.63, 3.8) is 0 Å². The van der Waals surface area contributed by atoms with Gasteiger partial charge in [-0.2, -0.15) is 5.48 Å². The van der Waals surface area contributed by atoms with Gasteiger partial charge in [-0.3, -0.25) is 4.84 Å². The summed E-state index contributed by atoms with van der Waals surface area (Å²) >= 11 is 1.74. The molecule has 0 spiro atoms. The highest BCUT2D eigenvalue weighted by Gasteiger charge is 1.93. The molecule has 1 N–H and O–H groups in total. The Morgan fingerprint density at radius 1 is 1.20 bits per heavy atom. The van der Waals surface area contributed by atoms with Gasteiger partial charge in [-0.15, -0.1) is 11.8 Å². The van der Waals surface area contributed by atoms with E-state index in [0.717, 1.165) is 6.54 Å². The number of methoxy groups -OCH3 is 1. The lowest BCUT2D eigenvalue weighted by atomic mass is 10.2. The smallest absolute Gasteiger partial charge is 0.0916 e. The quantitative estimate of drug-likeness (QED) is 0.439. The minimum absolute atomic E-state index is 0.569. The molecule has 0 fully saturated rings. The Bertz CT molecular complexity index is 264. The monoisotopic (exact) mass is 227 g/mol. The fraction of sp³-hybridized carbons (Fsp3) is 0.455. The molecular formula is C11H17NO2S. The third-order valence-electron chi connectivity index (χ3n) is 1.93. The van der Waals surface area contributed by atoms with Gasteiger partial charge in [0.15, 0.2) is 0 Å². The molecule has 0 radical (unpaired) electrons. The molecule has 0 amide bonds. The van der Waals surface area contributed by atoms with Crippen LogP contribution in [0, 0.1) is 0 Å². The largest absolute Gasteiger partial charge is 0.382 e. The van der Waals surface area contributed by atoms with Crippen LogP contribution in [0.5, 0.6) is 0 Å². The molecule has 0 aliphatic heterocycles. The first-order chi connectivity index (χ1) is 7.36. The fourth-order valence-corrected chi connectivity index (χ4v) is 1.48. The topological polar surface area (TPSA) is 30.5 Å². The van der Waals surface area contributed by atoms with E-state index < -0.39 is 0 Å². The van der Waals surface area contributed by atoms with Crippen molar-refractivity contribution in [1.82, 2.24) is 5.48 Å². The molecule has 4 heteroatoms. The van der Waals surface area contributed by atoms with Gasteiger partial charge in [-0.05, 0) is 24.0 Å². The summed E-state index contributed by atoms with van der Waals surface area (Å²) in [5.74, 6) is 0. The molecule has 1 aromatic rings. The maximum atomic E-state index is 5.15. The van der Waals surface area contributed by atoms with Crippen LogP contribution in [0.2, 0.25) is 0 Å². The van der Waals surface area contributed by atoms with Crippen molar-refractivity contribution < 1.29 is 9.57 Å². The maximum absolute atomic E-state index is 5.15. The maximum Gasteiger partial charge on any atom is 0.0916 e.